The second-order valence-corrected chi connectivity index (χ2v) is 4.63. The van der Waals surface area contributed by atoms with Gasteiger partial charge >= 0.3 is 0 Å². The SMILES string of the molecule is N#Cc1ccc(Nc2c(F)c(F)cc(F)c2F)cc1Br. The van der Waals surface area contributed by atoms with Crippen molar-refractivity contribution in [2.24, 2.45) is 0 Å². The topological polar surface area (TPSA) is 35.8 Å². The van der Waals surface area contributed by atoms with Crippen LogP contribution in [0.3, 0.4) is 0 Å². The molecule has 0 saturated heterocycles. The van der Waals surface area contributed by atoms with E-state index in [1.165, 1.54) is 18.2 Å². The molecule has 0 aliphatic rings. The van der Waals surface area contributed by atoms with Gasteiger partial charge in [0.15, 0.2) is 23.3 Å². The Morgan fingerprint density at radius 3 is 2.10 bits per heavy atom. The summed E-state index contributed by atoms with van der Waals surface area (Å²) in [4.78, 5) is 0. The van der Waals surface area contributed by atoms with Gasteiger partial charge in [-0.05, 0) is 34.1 Å². The molecule has 0 aliphatic carbocycles. The molecular formula is C13H5BrF4N2. The summed E-state index contributed by atoms with van der Waals surface area (Å²) in [5.74, 6) is -6.05. The predicted octanol–water partition coefficient (Wildman–Crippen LogP) is 4.62. The Labute approximate surface area is 119 Å². The van der Waals surface area contributed by atoms with E-state index in [4.69, 9.17) is 5.26 Å². The summed E-state index contributed by atoms with van der Waals surface area (Å²) >= 11 is 3.09. The van der Waals surface area contributed by atoms with Crippen molar-refractivity contribution in [1.29, 1.82) is 5.26 Å². The monoisotopic (exact) mass is 344 g/mol. The molecule has 0 saturated carbocycles. The van der Waals surface area contributed by atoms with Gasteiger partial charge in [-0.25, -0.2) is 17.6 Å². The Morgan fingerprint density at radius 2 is 1.60 bits per heavy atom. The van der Waals surface area contributed by atoms with Gasteiger partial charge in [-0.2, -0.15) is 5.26 Å². The summed E-state index contributed by atoms with van der Waals surface area (Å²) in [7, 11) is 0. The van der Waals surface area contributed by atoms with Crippen LogP contribution < -0.4 is 5.32 Å². The van der Waals surface area contributed by atoms with Gasteiger partial charge in [0.1, 0.15) is 11.8 Å². The van der Waals surface area contributed by atoms with Crippen LogP contribution in [0.15, 0.2) is 28.7 Å². The van der Waals surface area contributed by atoms with Crippen molar-refractivity contribution < 1.29 is 17.6 Å². The largest absolute Gasteiger partial charge is 0.351 e. The molecule has 2 aromatic rings. The average molecular weight is 345 g/mol. The molecule has 7 heteroatoms. The minimum atomic E-state index is -1.52. The Hall–Kier alpha value is -2.07. The fraction of sp³-hybridized carbons (Fsp3) is 0. The first-order valence-electron chi connectivity index (χ1n) is 5.23. The molecule has 0 bridgehead atoms. The van der Waals surface area contributed by atoms with Crippen LogP contribution in [0.1, 0.15) is 5.56 Å². The first-order valence-corrected chi connectivity index (χ1v) is 6.03. The van der Waals surface area contributed by atoms with E-state index in [-0.39, 0.29) is 11.8 Å². The lowest BCUT2D eigenvalue weighted by Gasteiger charge is -2.10. The number of nitriles is 1. The van der Waals surface area contributed by atoms with Gasteiger partial charge in [0, 0.05) is 16.2 Å². The number of nitrogens with zero attached hydrogens (tertiary/aromatic N) is 1. The number of benzene rings is 2. The standard InChI is InChI=1S/C13H5BrF4N2/c14-8-3-7(2-1-6(8)5-19)20-13-11(17)9(15)4-10(16)12(13)18/h1-4,20H. The third-order valence-corrected chi connectivity index (χ3v) is 3.13. The van der Waals surface area contributed by atoms with Gasteiger partial charge in [-0.3, -0.25) is 0 Å². The van der Waals surface area contributed by atoms with Gasteiger partial charge in [-0.15, -0.1) is 0 Å². The van der Waals surface area contributed by atoms with E-state index in [0.717, 1.165) is 0 Å². The van der Waals surface area contributed by atoms with Crippen molar-refractivity contribution in [2.45, 2.75) is 0 Å². The molecule has 0 amide bonds. The Balaban J connectivity index is 2.45. The second-order valence-electron chi connectivity index (χ2n) is 3.77. The quantitative estimate of drug-likeness (QED) is 0.637. The highest BCUT2D eigenvalue weighted by Crippen LogP contribution is 2.29. The fourth-order valence-corrected chi connectivity index (χ4v) is 1.98. The lowest BCUT2D eigenvalue weighted by molar-refractivity contribution is 0.459. The number of hydrogen-bond acceptors (Lipinski definition) is 2. The highest BCUT2D eigenvalue weighted by Gasteiger charge is 2.19. The number of rotatable bonds is 2. The third-order valence-electron chi connectivity index (χ3n) is 2.47. The first kappa shape index (κ1) is 14.3. The Kier molecular flexibility index (Phi) is 3.95. The molecule has 0 radical (unpaired) electrons. The summed E-state index contributed by atoms with van der Waals surface area (Å²) in [6.45, 7) is 0. The van der Waals surface area contributed by atoms with Crippen molar-refractivity contribution in [1.82, 2.24) is 0 Å². The van der Waals surface area contributed by atoms with E-state index in [9.17, 15) is 17.6 Å². The second kappa shape index (κ2) is 5.51. The van der Waals surface area contributed by atoms with E-state index in [0.29, 0.717) is 10.0 Å². The van der Waals surface area contributed by atoms with Gasteiger partial charge in [0.05, 0.1) is 5.56 Å². The highest BCUT2D eigenvalue weighted by molar-refractivity contribution is 9.10. The van der Waals surface area contributed by atoms with E-state index < -0.39 is 29.0 Å². The average Bonchev–Trinajstić information content (AvgIpc) is 2.41. The first-order chi connectivity index (χ1) is 9.43. The summed E-state index contributed by atoms with van der Waals surface area (Å²) in [5.41, 5.74) is -0.459. The molecule has 1 N–H and O–H groups in total. The van der Waals surface area contributed by atoms with Crippen molar-refractivity contribution in [3.05, 3.63) is 57.6 Å². The normalized spacial score (nSPS) is 10.2. The lowest BCUT2D eigenvalue weighted by Crippen LogP contribution is -2.03. The van der Waals surface area contributed by atoms with Crippen molar-refractivity contribution >= 4 is 27.3 Å². The zero-order valence-corrected chi connectivity index (χ0v) is 11.2. The van der Waals surface area contributed by atoms with Crippen LogP contribution in [-0.2, 0) is 0 Å². The molecule has 0 atom stereocenters. The molecule has 0 fully saturated rings. The van der Waals surface area contributed by atoms with Crippen LogP contribution in [-0.4, -0.2) is 0 Å². The van der Waals surface area contributed by atoms with Crippen molar-refractivity contribution in [3.63, 3.8) is 0 Å². The fourth-order valence-electron chi connectivity index (χ4n) is 1.51. The zero-order chi connectivity index (χ0) is 14.9. The highest BCUT2D eigenvalue weighted by atomic mass is 79.9. The van der Waals surface area contributed by atoms with E-state index in [2.05, 4.69) is 21.2 Å². The Bertz CT molecular complexity index is 699. The van der Waals surface area contributed by atoms with Gasteiger partial charge in [0.25, 0.3) is 0 Å². The van der Waals surface area contributed by atoms with E-state index in [1.54, 1.807) is 0 Å². The smallest absolute Gasteiger partial charge is 0.185 e. The number of hydrogen-bond donors (Lipinski definition) is 1. The lowest BCUT2D eigenvalue weighted by atomic mass is 10.2. The summed E-state index contributed by atoms with van der Waals surface area (Å²) in [6.07, 6.45) is 0. The number of anilines is 2. The van der Waals surface area contributed by atoms with E-state index >= 15 is 0 Å². The minimum Gasteiger partial charge on any atom is -0.351 e. The number of halogens is 5. The van der Waals surface area contributed by atoms with Crippen molar-refractivity contribution in [2.75, 3.05) is 5.32 Å². The van der Waals surface area contributed by atoms with Gasteiger partial charge in [0.2, 0.25) is 0 Å². The molecule has 2 nitrogen and oxygen atoms in total. The van der Waals surface area contributed by atoms with Crippen LogP contribution in [0, 0.1) is 34.6 Å². The molecule has 0 unspecified atom stereocenters. The minimum absolute atomic E-state index is 0.130. The van der Waals surface area contributed by atoms with Crippen LogP contribution >= 0.6 is 15.9 Å². The Morgan fingerprint density at radius 1 is 1.00 bits per heavy atom. The van der Waals surface area contributed by atoms with Crippen LogP contribution in [0.5, 0.6) is 0 Å². The molecule has 0 aliphatic heterocycles. The molecule has 0 aromatic heterocycles. The number of nitrogens with one attached hydrogen (secondary N) is 1. The third kappa shape index (κ3) is 2.60. The summed E-state index contributed by atoms with van der Waals surface area (Å²) < 4.78 is 53.4. The summed E-state index contributed by atoms with van der Waals surface area (Å²) in [6, 6.07) is 6.11. The molecular weight excluding hydrogens is 340 g/mol. The predicted molar refractivity (Wildman–Crippen MR) is 68.4 cm³/mol. The van der Waals surface area contributed by atoms with Crippen LogP contribution in [0.25, 0.3) is 0 Å². The molecule has 0 heterocycles. The van der Waals surface area contributed by atoms with Crippen LogP contribution in [0.2, 0.25) is 0 Å². The molecule has 20 heavy (non-hydrogen) atoms. The van der Waals surface area contributed by atoms with E-state index in [1.807, 2.05) is 6.07 Å². The molecule has 2 aromatic carbocycles. The molecule has 102 valence electrons. The maximum absolute atomic E-state index is 13.5. The van der Waals surface area contributed by atoms with Gasteiger partial charge < -0.3 is 5.32 Å². The van der Waals surface area contributed by atoms with Gasteiger partial charge in [-0.1, -0.05) is 0 Å². The summed E-state index contributed by atoms with van der Waals surface area (Å²) in [5, 5.41) is 11.0. The maximum Gasteiger partial charge on any atom is 0.185 e. The zero-order valence-electron chi connectivity index (χ0n) is 9.65. The molecule has 2 rings (SSSR count). The maximum atomic E-state index is 13.5. The van der Waals surface area contributed by atoms with Crippen LogP contribution in [0.4, 0.5) is 28.9 Å². The van der Waals surface area contributed by atoms with Crippen molar-refractivity contribution in [3.8, 4) is 6.07 Å². The molecule has 0 spiro atoms.